The molecule has 0 aliphatic heterocycles. The van der Waals surface area contributed by atoms with Gasteiger partial charge in [-0.2, -0.15) is 18.3 Å². The Hall–Kier alpha value is -4.05. The van der Waals surface area contributed by atoms with E-state index in [1.54, 1.807) is 18.2 Å². The zero-order valence-corrected chi connectivity index (χ0v) is 19.0. The minimum absolute atomic E-state index is 0.248. The summed E-state index contributed by atoms with van der Waals surface area (Å²) in [6.45, 7) is 0.341. The number of alkyl halides is 3. The first kappa shape index (κ1) is 25.6. The monoisotopic (exact) mass is 505 g/mol. The van der Waals surface area contributed by atoms with Crippen molar-refractivity contribution in [3.05, 3.63) is 88.4 Å². The highest BCUT2D eigenvalue weighted by Gasteiger charge is 2.33. The maximum absolute atomic E-state index is 12.9. The average Bonchev–Trinajstić information content (AvgIpc) is 2.84. The Morgan fingerprint density at radius 1 is 1.00 bits per heavy atom. The maximum atomic E-state index is 12.9. The lowest BCUT2D eigenvalue weighted by Gasteiger charge is -2.11. The molecular formula is C24H19ClF3N3O4. The molecule has 2 N–H and O–H groups in total. The van der Waals surface area contributed by atoms with Crippen LogP contribution >= 0.6 is 11.6 Å². The van der Waals surface area contributed by atoms with Crippen LogP contribution in [-0.2, 0) is 22.4 Å². The third-order valence-electron chi connectivity index (χ3n) is 4.54. The van der Waals surface area contributed by atoms with Crippen LogP contribution in [0.15, 0.2) is 71.8 Å². The zero-order valence-electron chi connectivity index (χ0n) is 18.2. The summed E-state index contributed by atoms with van der Waals surface area (Å²) in [6.07, 6.45) is -3.45. The van der Waals surface area contributed by atoms with Crippen LogP contribution in [0.5, 0.6) is 11.5 Å². The number of nitrogens with one attached hydrogen (secondary N) is 2. The summed E-state index contributed by atoms with van der Waals surface area (Å²) in [4.78, 5) is 23.9. The molecule has 0 aliphatic carbocycles. The number of methoxy groups -OCH3 is 1. The van der Waals surface area contributed by atoms with E-state index in [1.165, 1.54) is 13.3 Å². The lowest BCUT2D eigenvalue weighted by Crippen LogP contribution is -2.32. The molecule has 3 rings (SSSR count). The van der Waals surface area contributed by atoms with Gasteiger partial charge in [0.1, 0.15) is 6.61 Å². The third kappa shape index (κ3) is 7.21. The fourth-order valence-corrected chi connectivity index (χ4v) is 3.07. The van der Waals surface area contributed by atoms with Crippen molar-refractivity contribution in [3.8, 4) is 11.5 Å². The van der Waals surface area contributed by atoms with Gasteiger partial charge in [-0.05, 0) is 47.5 Å². The fraction of sp³-hybridized carbons (Fsp3) is 0.125. The number of rotatable bonds is 7. The molecule has 0 atom stereocenters. The summed E-state index contributed by atoms with van der Waals surface area (Å²) >= 11 is 5.54. The number of ether oxygens (including phenoxy) is 2. The minimum Gasteiger partial charge on any atom is -0.493 e. The predicted octanol–water partition coefficient (Wildman–Crippen LogP) is 5.04. The molecule has 0 saturated heterocycles. The summed E-state index contributed by atoms with van der Waals surface area (Å²) in [5.41, 5.74) is 2.13. The van der Waals surface area contributed by atoms with Crippen molar-refractivity contribution in [2.45, 2.75) is 12.8 Å². The molecule has 3 aromatic rings. The molecule has 3 aromatic carbocycles. The summed E-state index contributed by atoms with van der Waals surface area (Å²) in [7, 11) is 1.47. The average molecular weight is 506 g/mol. The van der Waals surface area contributed by atoms with Crippen LogP contribution in [-0.4, -0.2) is 25.1 Å². The van der Waals surface area contributed by atoms with Crippen LogP contribution in [0.4, 0.5) is 18.9 Å². The lowest BCUT2D eigenvalue weighted by molar-refractivity contribution is -0.137. The highest BCUT2D eigenvalue weighted by atomic mass is 35.5. The Morgan fingerprint density at radius 3 is 2.43 bits per heavy atom. The Balaban J connectivity index is 1.58. The number of benzene rings is 3. The van der Waals surface area contributed by atoms with Gasteiger partial charge in [-0.3, -0.25) is 9.59 Å². The second-order valence-electron chi connectivity index (χ2n) is 7.03. The highest BCUT2D eigenvalue weighted by Crippen LogP contribution is 2.36. The van der Waals surface area contributed by atoms with Gasteiger partial charge in [0, 0.05) is 5.69 Å². The molecule has 2 amide bonds. The zero-order chi connectivity index (χ0) is 25.4. The van der Waals surface area contributed by atoms with Crippen molar-refractivity contribution < 1.29 is 32.2 Å². The number of hydrazone groups is 1. The first-order valence-electron chi connectivity index (χ1n) is 10.0. The van der Waals surface area contributed by atoms with Gasteiger partial charge >= 0.3 is 18.0 Å². The number of hydrogen-bond donors (Lipinski definition) is 2. The van der Waals surface area contributed by atoms with Gasteiger partial charge in [0.2, 0.25) is 0 Å². The molecule has 0 unspecified atom stereocenters. The standard InChI is InChI=1S/C24H19ClF3N3O4/c1-34-21-11-16(7-10-20(21)35-14-15-5-3-2-4-6-15)13-29-31-23(33)22(32)30-17-8-9-19(25)18(12-17)24(26,27)28/h2-13H,14H2,1H3,(H,30,32)(H,31,33)/b29-13-. The van der Waals surface area contributed by atoms with E-state index in [-0.39, 0.29) is 5.69 Å². The van der Waals surface area contributed by atoms with Gasteiger partial charge in [-0.25, -0.2) is 5.43 Å². The van der Waals surface area contributed by atoms with E-state index in [9.17, 15) is 22.8 Å². The van der Waals surface area contributed by atoms with Crippen molar-refractivity contribution in [2.24, 2.45) is 5.10 Å². The van der Waals surface area contributed by atoms with Gasteiger partial charge in [0.15, 0.2) is 11.5 Å². The second-order valence-corrected chi connectivity index (χ2v) is 7.44. The first-order valence-corrected chi connectivity index (χ1v) is 10.4. The number of halogens is 4. The number of nitrogens with zero attached hydrogens (tertiary/aromatic N) is 1. The Bertz CT molecular complexity index is 1230. The number of hydrogen-bond acceptors (Lipinski definition) is 5. The molecule has 0 spiro atoms. The number of carbonyl (C=O) groups excluding carboxylic acids is 2. The number of anilines is 1. The number of carbonyl (C=O) groups is 2. The fourth-order valence-electron chi connectivity index (χ4n) is 2.84. The summed E-state index contributed by atoms with van der Waals surface area (Å²) < 4.78 is 49.9. The maximum Gasteiger partial charge on any atom is 0.417 e. The topological polar surface area (TPSA) is 89.0 Å². The van der Waals surface area contributed by atoms with E-state index in [0.29, 0.717) is 29.7 Å². The van der Waals surface area contributed by atoms with E-state index in [2.05, 4.69) is 10.4 Å². The third-order valence-corrected chi connectivity index (χ3v) is 4.87. The first-order chi connectivity index (χ1) is 16.7. The van der Waals surface area contributed by atoms with Crippen molar-refractivity contribution >= 4 is 35.3 Å². The molecule has 0 bridgehead atoms. The Labute approximate surface area is 203 Å². The number of amides is 2. The molecule has 0 heterocycles. The van der Waals surface area contributed by atoms with Crippen LogP contribution in [0.25, 0.3) is 0 Å². The van der Waals surface area contributed by atoms with E-state index in [4.69, 9.17) is 21.1 Å². The Morgan fingerprint density at radius 2 is 1.74 bits per heavy atom. The molecule has 0 aromatic heterocycles. The normalized spacial score (nSPS) is 11.2. The smallest absolute Gasteiger partial charge is 0.417 e. The molecule has 7 nitrogen and oxygen atoms in total. The van der Waals surface area contributed by atoms with Gasteiger partial charge in [0.05, 0.1) is 23.9 Å². The molecule has 0 aliphatic rings. The molecule has 0 fully saturated rings. The van der Waals surface area contributed by atoms with Gasteiger partial charge in [0.25, 0.3) is 0 Å². The van der Waals surface area contributed by atoms with E-state index in [0.717, 1.165) is 17.7 Å². The predicted molar refractivity (Wildman–Crippen MR) is 125 cm³/mol. The Kier molecular flexibility index (Phi) is 8.32. The molecule has 0 radical (unpaired) electrons. The summed E-state index contributed by atoms with van der Waals surface area (Å²) in [5.74, 6) is -1.46. The summed E-state index contributed by atoms with van der Waals surface area (Å²) in [6, 6.07) is 17.2. The minimum atomic E-state index is -4.71. The van der Waals surface area contributed by atoms with Crippen molar-refractivity contribution in [1.82, 2.24) is 5.43 Å². The molecule has 35 heavy (non-hydrogen) atoms. The lowest BCUT2D eigenvalue weighted by atomic mass is 10.2. The van der Waals surface area contributed by atoms with Crippen LogP contribution in [0, 0.1) is 0 Å². The van der Waals surface area contributed by atoms with E-state index < -0.39 is 28.6 Å². The molecule has 182 valence electrons. The van der Waals surface area contributed by atoms with Crippen LogP contribution in [0.3, 0.4) is 0 Å². The quantitative estimate of drug-likeness (QED) is 0.268. The van der Waals surface area contributed by atoms with E-state index in [1.807, 2.05) is 35.8 Å². The highest BCUT2D eigenvalue weighted by molar-refractivity contribution is 6.39. The summed E-state index contributed by atoms with van der Waals surface area (Å²) in [5, 5.41) is 5.22. The molecular weight excluding hydrogens is 487 g/mol. The second kappa shape index (κ2) is 11.4. The molecule has 11 heteroatoms. The van der Waals surface area contributed by atoms with Crippen molar-refractivity contribution in [3.63, 3.8) is 0 Å². The van der Waals surface area contributed by atoms with E-state index >= 15 is 0 Å². The SMILES string of the molecule is COc1cc(/C=N\NC(=O)C(=O)Nc2ccc(Cl)c(C(F)(F)F)c2)ccc1OCc1ccccc1. The van der Waals surface area contributed by atoms with Crippen molar-refractivity contribution in [2.75, 3.05) is 12.4 Å². The van der Waals surface area contributed by atoms with Gasteiger partial charge in [-0.15, -0.1) is 0 Å². The van der Waals surface area contributed by atoms with Crippen LogP contribution in [0.1, 0.15) is 16.7 Å². The largest absolute Gasteiger partial charge is 0.493 e. The molecule has 0 saturated carbocycles. The van der Waals surface area contributed by atoms with Gasteiger partial charge < -0.3 is 14.8 Å². The van der Waals surface area contributed by atoms with Crippen LogP contribution < -0.4 is 20.2 Å². The van der Waals surface area contributed by atoms with Crippen molar-refractivity contribution in [1.29, 1.82) is 0 Å². The van der Waals surface area contributed by atoms with Crippen LogP contribution in [0.2, 0.25) is 5.02 Å². The van der Waals surface area contributed by atoms with Gasteiger partial charge in [-0.1, -0.05) is 41.9 Å².